The normalized spacial score (nSPS) is 43.1. The van der Waals surface area contributed by atoms with Crippen LogP contribution in [0.4, 0.5) is 0 Å². The van der Waals surface area contributed by atoms with Crippen LogP contribution in [0.25, 0.3) is 0 Å². The molecule has 0 aliphatic heterocycles. The summed E-state index contributed by atoms with van der Waals surface area (Å²) in [5.74, 6) is 0.480. The molecule has 3 rings (SSSR count). The predicted octanol–water partition coefficient (Wildman–Crippen LogP) is 5.81. The van der Waals surface area contributed by atoms with Crippen LogP contribution in [-0.4, -0.2) is 25.1 Å². The largest absolute Gasteiger partial charge is 0.408 e. The van der Waals surface area contributed by atoms with Crippen LogP contribution < -0.4 is 0 Å². The zero-order valence-corrected chi connectivity index (χ0v) is 19.4. The van der Waals surface area contributed by atoms with E-state index < -0.39 is 19.3 Å². The molecule has 0 unspecified atom stereocenters. The summed E-state index contributed by atoms with van der Waals surface area (Å²) < 4.78 is 7.55. The maximum Gasteiger partial charge on any atom is 0.201 e. The molecule has 3 saturated carbocycles. The molecule has 0 aromatic carbocycles. The van der Waals surface area contributed by atoms with Gasteiger partial charge in [-0.05, 0) is 47.7 Å². The highest BCUT2D eigenvalue weighted by atomic mass is 28.4. The van der Waals surface area contributed by atoms with Crippen molar-refractivity contribution in [2.75, 3.05) is 0 Å². The molecule has 0 radical (unpaired) electrons. The van der Waals surface area contributed by atoms with Crippen molar-refractivity contribution in [2.24, 2.45) is 22.7 Å². The molecule has 0 amide bonds. The average Bonchev–Trinajstić information content (AvgIpc) is 3.01. The van der Waals surface area contributed by atoms with Gasteiger partial charge in [-0.15, -0.1) is 6.58 Å². The molecule has 27 heavy (non-hydrogen) atoms. The van der Waals surface area contributed by atoms with E-state index >= 15 is 0 Å². The fourth-order valence-electron chi connectivity index (χ4n) is 8.21. The fraction of sp³-hybridized carbons (Fsp3) is 0.870. The van der Waals surface area contributed by atoms with Crippen LogP contribution in [0.2, 0.25) is 16.6 Å². The number of nitriles is 1. The van der Waals surface area contributed by atoms with Gasteiger partial charge in [0.25, 0.3) is 0 Å². The molecule has 0 saturated heterocycles. The Hall–Kier alpha value is -0.633. The van der Waals surface area contributed by atoms with Gasteiger partial charge in [-0.25, -0.2) is 0 Å². The highest BCUT2D eigenvalue weighted by Gasteiger charge is 2.84. The fourth-order valence-corrected chi connectivity index (χ4v) is 14.0. The Balaban J connectivity index is 2.24. The second-order valence-corrected chi connectivity index (χ2v) is 16.0. The summed E-state index contributed by atoms with van der Waals surface area (Å²) in [5, 5.41) is 21.5. The minimum absolute atomic E-state index is 0.125. The third-order valence-corrected chi connectivity index (χ3v) is 15.1. The van der Waals surface area contributed by atoms with E-state index in [1.165, 1.54) is 0 Å². The molecule has 3 aliphatic rings. The molecule has 0 spiro atoms. The maximum absolute atomic E-state index is 11.0. The Labute approximate surface area is 167 Å². The zero-order valence-electron chi connectivity index (χ0n) is 18.4. The minimum Gasteiger partial charge on any atom is -0.408 e. The van der Waals surface area contributed by atoms with E-state index in [9.17, 15) is 10.4 Å². The van der Waals surface area contributed by atoms with Gasteiger partial charge in [0.1, 0.15) is 0 Å². The molecular weight excluding hydrogens is 350 g/mol. The maximum atomic E-state index is 11.0. The van der Waals surface area contributed by atoms with Gasteiger partial charge in [-0.1, -0.05) is 54.5 Å². The highest BCUT2D eigenvalue weighted by molar-refractivity contribution is 6.77. The van der Waals surface area contributed by atoms with Gasteiger partial charge < -0.3 is 9.53 Å². The minimum atomic E-state index is -2.20. The van der Waals surface area contributed by atoms with Crippen LogP contribution >= 0.6 is 0 Å². The van der Waals surface area contributed by atoms with Crippen molar-refractivity contribution >= 4 is 8.32 Å². The zero-order chi connectivity index (χ0) is 20.4. The van der Waals surface area contributed by atoms with E-state index in [1.54, 1.807) is 0 Å². The lowest BCUT2D eigenvalue weighted by molar-refractivity contribution is -0.0725. The number of allylic oxidation sites excluding steroid dienone is 1. The number of rotatable bonds is 7. The molecule has 6 atom stereocenters. The molecule has 1 N–H and O–H groups in total. The molecule has 0 aromatic rings. The number of nitrogens with zero attached hydrogens (tertiary/aromatic N) is 1. The van der Waals surface area contributed by atoms with E-state index in [0.29, 0.717) is 29.0 Å². The molecule has 152 valence electrons. The quantitative estimate of drug-likeness (QED) is 0.441. The molecular formula is C23H39NO2Si. The monoisotopic (exact) mass is 389 g/mol. The summed E-state index contributed by atoms with van der Waals surface area (Å²) in [7, 11) is -2.20. The van der Waals surface area contributed by atoms with Crippen LogP contribution in [0.1, 0.15) is 74.1 Å². The van der Waals surface area contributed by atoms with Crippen molar-refractivity contribution in [1.29, 1.82) is 5.26 Å². The first-order valence-electron chi connectivity index (χ1n) is 10.9. The first kappa shape index (κ1) is 21.1. The topological polar surface area (TPSA) is 53.2 Å². The molecule has 0 heterocycles. The van der Waals surface area contributed by atoms with E-state index in [0.717, 1.165) is 19.3 Å². The number of hydrogen-bond acceptors (Lipinski definition) is 3. The molecule has 3 aliphatic carbocycles. The van der Waals surface area contributed by atoms with E-state index in [-0.39, 0.29) is 17.4 Å². The summed E-state index contributed by atoms with van der Waals surface area (Å²) >= 11 is 0. The van der Waals surface area contributed by atoms with Gasteiger partial charge >= 0.3 is 0 Å². The standard InChI is InChI=1S/C23H39NO2Si/c1-9-10-21-11-18(8)22(14-24)12-19(21)20(25)13-23(21,22)26-27(15(2)3,16(4)5)17(6)7/h9,15-20,25H,1,10-13H2,2-8H3/t18-,19-,20+,21-,22+,23-/m1/s1. The molecule has 4 heteroatoms. The van der Waals surface area contributed by atoms with Crippen LogP contribution in [0.15, 0.2) is 12.7 Å². The van der Waals surface area contributed by atoms with Crippen molar-refractivity contribution in [3.63, 3.8) is 0 Å². The van der Waals surface area contributed by atoms with Gasteiger partial charge in [0, 0.05) is 11.8 Å². The Morgan fingerprint density at radius 3 is 2.15 bits per heavy atom. The van der Waals surface area contributed by atoms with Crippen molar-refractivity contribution in [2.45, 2.75) is 102 Å². The van der Waals surface area contributed by atoms with Crippen molar-refractivity contribution < 1.29 is 9.53 Å². The van der Waals surface area contributed by atoms with Crippen molar-refractivity contribution in [3.8, 4) is 6.07 Å². The first-order valence-corrected chi connectivity index (χ1v) is 13.1. The third-order valence-electron chi connectivity index (χ3n) is 9.02. The molecule has 0 aromatic heterocycles. The van der Waals surface area contributed by atoms with Gasteiger partial charge in [0.15, 0.2) is 0 Å². The van der Waals surface area contributed by atoms with Gasteiger partial charge in [-0.2, -0.15) is 5.26 Å². The van der Waals surface area contributed by atoms with Crippen molar-refractivity contribution in [1.82, 2.24) is 0 Å². The smallest absolute Gasteiger partial charge is 0.201 e. The molecule has 3 fully saturated rings. The lowest BCUT2D eigenvalue weighted by atomic mass is 9.65. The van der Waals surface area contributed by atoms with Crippen LogP contribution in [-0.2, 0) is 4.43 Å². The summed E-state index contributed by atoms with van der Waals surface area (Å²) in [6.45, 7) is 20.2. The SMILES string of the molecule is C=CC[C@@]12C[C@@H](C)[C@@]3(C#N)C[C@@H]1[C@@H](O)C[C@@]23O[Si](C(C)C)(C(C)C)C(C)C. The Bertz CT molecular complexity index is 631. The summed E-state index contributed by atoms with van der Waals surface area (Å²) in [4.78, 5) is 0. The summed E-state index contributed by atoms with van der Waals surface area (Å²) in [6, 6.07) is 2.79. The Morgan fingerprint density at radius 1 is 1.15 bits per heavy atom. The number of aliphatic hydroxyl groups excluding tert-OH is 1. The van der Waals surface area contributed by atoms with Crippen LogP contribution in [0.5, 0.6) is 0 Å². The van der Waals surface area contributed by atoms with Crippen LogP contribution in [0.3, 0.4) is 0 Å². The van der Waals surface area contributed by atoms with Gasteiger partial charge in [0.05, 0.1) is 23.2 Å². The number of aliphatic hydroxyl groups is 1. The number of hydrogen-bond donors (Lipinski definition) is 1. The van der Waals surface area contributed by atoms with Gasteiger partial charge in [-0.3, -0.25) is 0 Å². The van der Waals surface area contributed by atoms with E-state index in [4.69, 9.17) is 4.43 Å². The lowest BCUT2D eigenvalue weighted by Gasteiger charge is -2.54. The molecule has 4 bridgehead atoms. The highest BCUT2D eigenvalue weighted by Crippen LogP contribution is 2.81. The summed E-state index contributed by atoms with van der Waals surface area (Å²) in [6.07, 6.45) is 4.91. The second-order valence-electron chi connectivity index (χ2n) is 10.7. The van der Waals surface area contributed by atoms with Crippen LogP contribution in [0, 0.1) is 34.0 Å². The summed E-state index contributed by atoms with van der Waals surface area (Å²) in [5.41, 5.74) is 0.300. The lowest BCUT2D eigenvalue weighted by Crippen LogP contribution is -2.61. The Morgan fingerprint density at radius 2 is 1.70 bits per heavy atom. The van der Waals surface area contributed by atoms with Gasteiger partial charge in [0.2, 0.25) is 8.32 Å². The Kier molecular flexibility index (Phi) is 5.03. The molecule has 3 nitrogen and oxygen atoms in total. The average molecular weight is 390 g/mol. The predicted molar refractivity (Wildman–Crippen MR) is 113 cm³/mol. The van der Waals surface area contributed by atoms with E-state index in [2.05, 4.69) is 61.1 Å². The van der Waals surface area contributed by atoms with E-state index in [1.807, 2.05) is 6.08 Å². The van der Waals surface area contributed by atoms with Crippen molar-refractivity contribution in [3.05, 3.63) is 12.7 Å². The first-order chi connectivity index (χ1) is 12.5. The third kappa shape index (κ3) is 2.20. The second kappa shape index (κ2) is 6.44.